The highest BCUT2D eigenvalue weighted by Gasteiger charge is 2.12. The molecule has 5 heteroatoms. The summed E-state index contributed by atoms with van der Waals surface area (Å²) < 4.78 is 0. The Labute approximate surface area is 136 Å². The summed E-state index contributed by atoms with van der Waals surface area (Å²) in [5.74, 6) is -0.181. The molecule has 2 amide bonds. The molecule has 5 nitrogen and oxygen atoms in total. The molecule has 0 saturated heterocycles. The molecule has 0 saturated carbocycles. The number of anilines is 2. The van der Waals surface area contributed by atoms with Crippen molar-refractivity contribution < 1.29 is 9.59 Å². The van der Waals surface area contributed by atoms with E-state index in [1.54, 1.807) is 12.1 Å². The van der Waals surface area contributed by atoms with E-state index in [0.29, 0.717) is 6.54 Å². The van der Waals surface area contributed by atoms with Crippen molar-refractivity contribution in [3.05, 3.63) is 60.2 Å². The van der Waals surface area contributed by atoms with Crippen molar-refractivity contribution in [2.45, 2.75) is 26.4 Å². The molecule has 120 valence electrons. The number of hydrogen-bond acceptors (Lipinski definition) is 3. The summed E-state index contributed by atoms with van der Waals surface area (Å²) in [5.41, 5.74) is 2.61. The third kappa shape index (κ3) is 5.47. The van der Waals surface area contributed by atoms with E-state index in [4.69, 9.17) is 0 Å². The molecule has 23 heavy (non-hydrogen) atoms. The van der Waals surface area contributed by atoms with E-state index < -0.39 is 0 Å². The molecule has 0 fully saturated rings. The van der Waals surface area contributed by atoms with Crippen LogP contribution in [-0.4, -0.2) is 17.9 Å². The van der Waals surface area contributed by atoms with Gasteiger partial charge in [0.15, 0.2) is 0 Å². The maximum Gasteiger partial charge on any atom is 0.242 e. The molecule has 2 rings (SSSR count). The summed E-state index contributed by atoms with van der Waals surface area (Å²) in [6.45, 7) is 3.78. The zero-order valence-corrected chi connectivity index (χ0v) is 13.3. The molecule has 1 unspecified atom stereocenters. The number of amides is 2. The fourth-order valence-electron chi connectivity index (χ4n) is 2.11. The van der Waals surface area contributed by atoms with Crippen LogP contribution in [0.25, 0.3) is 0 Å². The molecule has 1 atom stereocenters. The Bertz CT molecular complexity index is 654. The van der Waals surface area contributed by atoms with Crippen LogP contribution in [0.3, 0.4) is 0 Å². The zero-order valence-electron chi connectivity index (χ0n) is 13.3. The Morgan fingerprint density at radius 3 is 2.17 bits per heavy atom. The quantitative estimate of drug-likeness (QED) is 0.768. The van der Waals surface area contributed by atoms with Gasteiger partial charge < -0.3 is 16.0 Å². The molecule has 2 aromatic carbocycles. The van der Waals surface area contributed by atoms with Gasteiger partial charge in [-0.2, -0.15) is 0 Å². The highest BCUT2D eigenvalue weighted by molar-refractivity contribution is 5.89. The lowest BCUT2D eigenvalue weighted by molar-refractivity contribution is -0.121. The molecule has 0 bridgehead atoms. The first kappa shape index (κ1) is 16.5. The Hall–Kier alpha value is -2.82. The maximum atomic E-state index is 12.1. The number of benzene rings is 2. The minimum atomic E-state index is -0.356. The Balaban J connectivity index is 1.84. The molecule has 0 spiro atoms. The first-order valence-electron chi connectivity index (χ1n) is 7.50. The van der Waals surface area contributed by atoms with Gasteiger partial charge in [0.25, 0.3) is 0 Å². The van der Waals surface area contributed by atoms with E-state index in [1.807, 2.05) is 49.4 Å². The van der Waals surface area contributed by atoms with Gasteiger partial charge in [-0.1, -0.05) is 30.3 Å². The standard InChI is InChI=1S/C18H21N3O2/c1-13(18(23)19-12-15-6-4-3-5-7-15)20-16-8-10-17(11-9-16)21-14(2)22/h3-11,13,20H,12H2,1-2H3,(H,19,23)(H,21,22). The van der Waals surface area contributed by atoms with Crippen LogP contribution in [-0.2, 0) is 16.1 Å². The number of carbonyl (C=O) groups excluding carboxylic acids is 2. The van der Waals surface area contributed by atoms with Crippen molar-refractivity contribution in [1.82, 2.24) is 5.32 Å². The molecule has 0 aliphatic rings. The molecule has 0 heterocycles. The minimum Gasteiger partial charge on any atom is -0.374 e. The summed E-state index contributed by atoms with van der Waals surface area (Å²) >= 11 is 0. The summed E-state index contributed by atoms with van der Waals surface area (Å²) in [6.07, 6.45) is 0. The molecule has 0 radical (unpaired) electrons. The van der Waals surface area contributed by atoms with E-state index in [0.717, 1.165) is 16.9 Å². The van der Waals surface area contributed by atoms with Gasteiger partial charge in [-0.05, 0) is 36.8 Å². The monoisotopic (exact) mass is 311 g/mol. The number of nitrogens with one attached hydrogen (secondary N) is 3. The SMILES string of the molecule is CC(=O)Nc1ccc(NC(C)C(=O)NCc2ccccc2)cc1. The minimum absolute atomic E-state index is 0.0696. The molecule has 3 N–H and O–H groups in total. The number of rotatable bonds is 6. The third-order valence-electron chi connectivity index (χ3n) is 3.29. The zero-order chi connectivity index (χ0) is 16.7. The van der Waals surface area contributed by atoms with Gasteiger partial charge in [-0.3, -0.25) is 9.59 Å². The molecule has 0 aliphatic carbocycles. The Morgan fingerprint density at radius 1 is 0.957 bits per heavy atom. The van der Waals surface area contributed by atoms with Crippen molar-refractivity contribution in [2.24, 2.45) is 0 Å². The first-order valence-corrected chi connectivity index (χ1v) is 7.50. The summed E-state index contributed by atoms with van der Waals surface area (Å²) in [7, 11) is 0. The van der Waals surface area contributed by atoms with E-state index >= 15 is 0 Å². The van der Waals surface area contributed by atoms with Crippen LogP contribution in [0.1, 0.15) is 19.4 Å². The van der Waals surface area contributed by atoms with Crippen molar-refractivity contribution in [3.8, 4) is 0 Å². The van der Waals surface area contributed by atoms with E-state index in [9.17, 15) is 9.59 Å². The van der Waals surface area contributed by atoms with Crippen LogP contribution in [0.15, 0.2) is 54.6 Å². The van der Waals surface area contributed by atoms with Crippen LogP contribution >= 0.6 is 0 Å². The van der Waals surface area contributed by atoms with Crippen LogP contribution in [0.5, 0.6) is 0 Å². The number of carbonyl (C=O) groups is 2. The predicted octanol–water partition coefficient (Wildman–Crippen LogP) is 2.76. The Morgan fingerprint density at radius 2 is 1.57 bits per heavy atom. The van der Waals surface area contributed by atoms with Gasteiger partial charge in [0.2, 0.25) is 11.8 Å². The van der Waals surface area contributed by atoms with E-state index in [-0.39, 0.29) is 17.9 Å². The van der Waals surface area contributed by atoms with Gasteiger partial charge in [0.05, 0.1) is 0 Å². The number of hydrogen-bond donors (Lipinski definition) is 3. The lowest BCUT2D eigenvalue weighted by Crippen LogP contribution is -2.37. The lowest BCUT2D eigenvalue weighted by Gasteiger charge is -2.15. The van der Waals surface area contributed by atoms with E-state index in [1.165, 1.54) is 6.92 Å². The smallest absolute Gasteiger partial charge is 0.242 e. The molecular formula is C18H21N3O2. The first-order chi connectivity index (χ1) is 11.0. The van der Waals surface area contributed by atoms with Gasteiger partial charge in [0, 0.05) is 24.8 Å². The second kappa shape index (κ2) is 7.98. The van der Waals surface area contributed by atoms with Gasteiger partial charge >= 0.3 is 0 Å². The maximum absolute atomic E-state index is 12.1. The fraction of sp³-hybridized carbons (Fsp3) is 0.222. The molecule has 2 aromatic rings. The van der Waals surface area contributed by atoms with Gasteiger partial charge in [0.1, 0.15) is 6.04 Å². The third-order valence-corrected chi connectivity index (χ3v) is 3.29. The van der Waals surface area contributed by atoms with Crippen molar-refractivity contribution in [3.63, 3.8) is 0 Å². The van der Waals surface area contributed by atoms with Crippen molar-refractivity contribution >= 4 is 23.2 Å². The van der Waals surface area contributed by atoms with Crippen LogP contribution < -0.4 is 16.0 Å². The lowest BCUT2D eigenvalue weighted by atomic mass is 10.2. The van der Waals surface area contributed by atoms with Gasteiger partial charge in [-0.25, -0.2) is 0 Å². The van der Waals surface area contributed by atoms with Crippen LogP contribution in [0.4, 0.5) is 11.4 Å². The highest BCUT2D eigenvalue weighted by atomic mass is 16.2. The molecular weight excluding hydrogens is 290 g/mol. The second-order valence-corrected chi connectivity index (χ2v) is 5.33. The predicted molar refractivity (Wildman–Crippen MR) is 92.1 cm³/mol. The second-order valence-electron chi connectivity index (χ2n) is 5.33. The van der Waals surface area contributed by atoms with Crippen LogP contribution in [0.2, 0.25) is 0 Å². The molecule has 0 aromatic heterocycles. The highest BCUT2D eigenvalue weighted by Crippen LogP contribution is 2.14. The fourth-order valence-corrected chi connectivity index (χ4v) is 2.11. The van der Waals surface area contributed by atoms with Crippen LogP contribution in [0, 0.1) is 0 Å². The van der Waals surface area contributed by atoms with Gasteiger partial charge in [-0.15, -0.1) is 0 Å². The summed E-state index contributed by atoms with van der Waals surface area (Å²) in [6, 6.07) is 16.7. The van der Waals surface area contributed by atoms with Crippen molar-refractivity contribution in [2.75, 3.05) is 10.6 Å². The van der Waals surface area contributed by atoms with E-state index in [2.05, 4.69) is 16.0 Å². The average molecular weight is 311 g/mol. The topological polar surface area (TPSA) is 70.2 Å². The average Bonchev–Trinajstić information content (AvgIpc) is 2.55. The Kier molecular flexibility index (Phi) is 5.74. The largest absolute Gasteiger partial charge is 0.374 e. The molecule has 0 aliphatic heterocycles. The van der Waals surface area contributed by atoms with Crippen molar-refractivity contribution in [1.29, 1.82) is 0 Å². The summed E-state index contributed by atoms with van der Waals surface area (Å²) in [4.78, 5) is 23.1. The summed E-state index contributed by atoms with van der Waals surface area (Å²) in [5, 5.41) is 8.73. The normalized spacial score (nSPS) is 11.4.